The zero-order valence-electron chi connectivity index (χ0n) is 9.09. The van der Waals surface area contributed by atoms with Crippen LogP contribution in [-0.2, 0) is 9.59 Å². The molecular weight excluding hydrogens is 164 g/mol. The van der Waals surface area contributed by atoms with Gasteiger partial charge < -0.3 is 9.59 Å². The Labute approximate surface area is 80.7 Å². The Morgan fingerprint density at radius 2 is 1.38 bits per heavy atom. The van der Waals surface area contributed by atoms with Crippen molar-refractivity contribution in [3.8, 4) is 0 Å². The molecule has 0 aromatic rings. The van der Waals surface area contributed by atoms with Gasteiger partial charge in [0.05, 0.1) is 0 Å². The number of carbonyl (C=O) groups is 2. The van der Waals surface area contributed by atoms with Crippen molar-refractivity contribution in [1.29, 1.82) is 0 Å². The molecule has 2 nitrogen and oxygen atoms in total. The number of rotatable bonds is 6. The highest BCUT2D eigenvalue weighted by atomic mass is 16.1. The summed E-state index contributed by atoms with van der Waals surface area (Å²) in [6.45, 7) is 7.42. The lowest BCUT2D eigenvalue weighted by molar-refractivity contribution is -0.119. The standard InChI is InChI=1S/C11H20O2/c1-8(2)5-11(6-9(3)12)7-10(4)13/h8,11H,5-7H2,1-4H3. The predicted molar refractivity (Wildman–Crippen MR) is 53.5 cm³/mol. The van der Waals surface area contributed by atoms with Crippen LogP contribution in [0.15, 0.2) is 0 Å². The molecule has 0 amide bonds. The molecule has 0 aliphatic heterocycles. The Morgan fingerprint density at radius 3 is 1.62 bits per heavy atom. The smallest absolute Gasteiger partial charge is 0.130 e. The van der Waals surface area contributed by atoms with Gasteiger partial charge in [0.2, 0.25) is 0 Å². The largest absolute Gasteiger partial charge is 0.300 e. The number of ketones is 2. The average Bonchev–Trinajstić information content (AvgIpc) is 1.80. The Morgan fingerprint density at radius 1 is 1.00 bits per heavy atom. The van der Waals surface area contributed by atoms with Crippen LogP contribution in [0.5, 0.6) is 0 Å². The van der Waals surface area contributed by atoms with Crippen LogP contribution in [-0.4, -0.2) is 11.6 Å². The molecule has 0 saturated heterocycles. The molecule has 0 aliphatic rings. The van der Waals surface area contributed by atoms with Crippen LogP contribution in [0, 0.1) is 11.8 Å². The van der Waals surface area contributed by atoms with Crippen LogP contribution in [0.3, 0.4) is 0 Å². The van der Waals surface area contributed by atoms with E-state index in [-0.39, 0.29) is 17.5 Å². The number of hydrogen-bond donors (Lipinski definition) is 0. The molecule has 2 heteroatoms. The topological polar surface area (TPSA) is 34.1 Å². The molecule has 0 unspecified atom stereocenters. The van der Waals surface area contributed by atoms with Gasteiger partial charge in [0.25, 0.3) is 0 Å². The van der Waals surface area contributed by atoms with Gasteiger partial charge >= 0.3 is 0 Å². The number of hydrogen-bond acceptors (Lipinski definition) is 2. The van der Waals surface area contributed by atoms with Crippen LogP contribution >= 0.6 is 0 Å². The average molecular weight is 184 g/mol. The Hall–Kier alpha value is -0.660. The maximum absolute atomic E-state index is 10.9. The highest BCUT2D eigenvalue weighted by molar-refractivity contribution is 5.79. The summed E-state index contributed by atoms with van der Waals surface area (Å²) in [4.78, 5) is 21.8. The first kappa shape index (κ1) is 12.3. The van der Waals surface area contributed by atoms with Gasteiger partial charge in [0.1, 0.15) is 11.6 Å². The van der Waals surface area contributed by atoms with E-state index in [0.717, 1.165) is 6.42 Å². The monoisotopic (exact) mass is 184 g/mol. The minimum absolute atomic E-state index is 0.187. The summed E-state index contributed by atoms with van der Waals surface area (Å²) in [6.07, 6.45) is 2.08. The van der Waals surface area contributed by atoms with Crippen LogP contribution in [0.2, 0.25) is 0 Å². The van der Waals surface area contributed by atoms with E-state index in [1.54, 1.807) is 13.8 Å². The fraction of sp³-hybridized carbons (Fsp3) is 0.818. The third kappa shape index (κ3) is 7.69. The number of carbonyl (C=O) groups excluding carboxylic acids is 2. The third-order valence-electron chi connectivity index (χ3n) is 1.96. The zero-order chi connectivity index (χ0) is 10.4. The lowest BCUT2D eigenvalue weighted by Crippen LogP contribution is -2.12. The van der Waals surface area contributed by atoms with Crippen LogP contribution in [0.4, 0.5) is 0 Å². The predicted octanol–water partition coefficient (Wildman–Crippen LogP) is 2.61. The van der Waals surface area contributed by atoms with E-state index in [1.165, 1.54) is 0 Å². The molecule has 0 spiro atoms. The quantitative estimate of drug-likeness (QED) is 0.636. The molecule has 0 fully saturated rings. The summed E-state index contributed by atoms with van der Waals surface area (Å²) in [5, 5.41) is 0. The second-order valence-corrected chi connectivity index (χ2v) is 4.31. The molecule has 0 saturated carbocycles. The SMILES string of the molecule is CC(=O)CC(CC(C)=O)CC(C)C. The molecule has 0 aromatic carbocycles. The first-order chi connectivity index (χ1) is 5.91. The van der Waals surface area contributed by atoms with E-state index in [1.807, 2.05) is 0 Å². The molecule has 0 aliphatic carbocycles. The van der Waals surface area contributed by atoms with Crippen molar-refractivity contribution in [2.45, 2.75) is 47.0 Å². The molecule has 0 aromatic heterocycles. The summed E-state index contributed by atoms with van der Waals surface area (Å²) < 4.78 is 0. The Balaban J connectivity index is 4.02. The van der Waals surface area contributed by atoms with Gasteiger partial charge in [-0.3, -0.25) is 0 Å². The highest BCUT2D eigenvalue weighted by Gasteiger charge is 2.14. The molecule has 0 N–H and O–H groups in total. The molecule has 0 bridgehead atoms. The van der Waals surface area contributed by atoms with E-state index in [0.29, 0.717) is 18.8 Å². The van der Waals surface area contributed by atoms with Gasteiger partial charge in [-0.15, -0.1) is 0 Å². The summed E-state index contributed by atoms with van der Waals surface area (Å²) in [7, 11) is 0. The first-order valence-electron chi connectivity index (χ1n) is 4.90. The van der Waals surface area contributed by atoms with Gasteiger partial charge in [-0.25, -0.2) is 0 Å². The van der Waals surface area contributed by atoms with Crippen molar-refractivity contribution in [1.82, 2.24) is 0 Å². The third-order valence-corrected chi connectivity index (χ3v) is 1.96. The molecule has 0 heterocycles. The fourth-order valence-electron chi connectivity index (χ4n) is 1.72. The van der Waals surface area contributed by atoms with E-state index in [9.17, 15) is 9.59 Å². The maximum atomic E-state index is 10.9. The van der Waals surface area contributed by atoms with Crippen LogP contribution in [0.25, 0.3) is 0 Å². The molecule has 0 atom stereocenters. The van der Waals surface area contributed by atoms with E-state index >= 15 is 0 Å². The number of Topliss-reactive ketones (excluding diaryl/α,β-unsaturated/α-hetero) is 2. The normalized spacial score (nSPS) is 10.9. The minimum atomic E-state index is 0.187. The molecule has 76 valence electrons. The van der Waals surface area contributed by atoms with Crippen LogP contribution < -0.4 is 0 Å². The van der Waals surface area contributed by atoms with Gasteiger partial charge in [0, 0.05) is 12.8 Å². The first-order valence-corrected chi connectivity index (χ1v) is 4.90. The highest BCUT2D eigenvalue weighted by Crippen LogP contribution is 2.19. The van der Waals surface area contributed by atoms with Crippen molar-refractivity contribution >= 4 is 11.6 Å². The van der Waals surface area contributed by atoms with Crippen molar-refractivity contribution < 1.29 is 9.59 Å². The second-order valence-electron chi connectivity index (χ2n) is 4.31. The Bertz CT molecular complexity index is 167. The van der Waals surface area contributed by atoms with Gasteiger partial charge in [-0.1, -0.05) is 13.8 Å². The van der Waals surface area contributed by atoms with Gasteiger partial charge in [-0.2, -0.15) is 0 Å². The molecule has 13 heavy (non-hydrogen) atoms. The fourth-order valence-corrected chi connectivity index (χ4v) is 1.72. The van der Waals surface area contributed by atoms with E-state index in [4.69, 9.17) is 0 Å². The molecular formula is C11H20O2. The zero-order valence-corrected chi connectivity index (χ0v) is 9.09. The summed E-state index contributed by atoms with van der Waals surface area (Å²) in [6, 6.07) is 0. The lowest BCUT2D eigenvalue weighted by atomic mass is 9.89. The molecule has 0 radical (unpaired) electrons. The van der Waals surface area contributed by atoms with Crippen molar-refractivity contribution in [2.75, 3.05) is 0 Å². The van der Waals surface area contributed by atoms with Crippen LogP contribution in [0.1, 0.15) is 47.0 Å². The van der Waals surface area contributed by atoms with E-state index in [2.05, 4.69) is 13.8 Å². The Kier molecular flexibility index (Phi) is 5.60. The maximum Gasteiger partial charge on any atom is 0.130 e. The summed E-state index contributed by atoms with van der Waals surface area (Å²) >= 11 is 0. The molecule has 0 rings (SSSR count). The van der Waals surface area contributed by atoms with E-state index < -0.39 is 0 Å². The minimum Gasteiger partial charge on any atom is -0.300 e. The summed E-state index contributed by atoms with van der Waals surface area (Å²) in [5.41, 5.74) is 0. The van der Waals surface area contributed by atoms with Crippen molar-refractivity contribution in [3.05, 3.63) is 0 Å². The summed E-state index contributed by atoms with van der Waals surface area (Å²) in [5.74, 6) is 1.19. The second kappa shape index (κ2) is 5.90. The van der Waals surface area contributed by atoms with Gasteiger partial charge in [-0.05, 0) is 32.1 Å². The van der Waals surface area contributed by atoms with Crippen molar-refractivity contribution in [2.24, 2.45) is 11.8 Å². The lowest BCUT2D eigenvalue weighted by Gasteiger charge is -2.15. The van der Waals surface area contributed by atoms with Gasteiger partial charge in [0.15, 0.2) is 0 Å². The van der Waals surface area contributed by atoms with Crippen molar-refractivity contribution in [3.63, 3.8) is 0 Å².